The van der Waals surface area contributed by atoms with Crippen LogP contribution in [0.25, 0.3) is 0 Å². The fourth-order valence-corrected chi connectivity index (χ4v) is 2.57. The molecule has 106 valence electrons. The standard InChI is InChI=1S/C14H19N5O/c1-20-13-6-11(2-3-12(13)7-15)8-18-4-5-19-10-16-17-14(19)9-18/h2-3,6,10H,4-5,7-9,15H2,1H3. The van der Waals surface area contributed by atoms with Crippen molar-refractivity contribution in [3.8, 4) is 5.75 Å². The maximum Gasteiger partial charge on any atom is 0.147 e. The highest BCUT2D eigenvalue weighted by molar-refractivity contribution is 5.37. The van der Waals surface area contributed by atoms with E-state index in [0.717, 1.165) is 43.3 Å². The molecule has 3 rings (SSSR count). The van der Waals surface area contributed by atoms with Crippen LogP contribution < -0.4 is 10.5 Å². The molecule has 6 nitrogen and oxygen atoms in total. The molecule has 2 aromatic rings. The summed E-state index contributed by atoms with van der Waals surface area (Å²) in [5, 5.41) is 8.09. The number of hydrogen-bond donors (Lipinski definition) is 1. The topological polar surface area (TPSA) is 69.2 Å². The third-order valence-corrected chi connectivity index (χ3v) is 3.70. The van der Waals surface area contributed by atoms with E-state index in [4.69, 9.17) is 10.5 Å². The Hall–Kier alpha value is -1.92. The number of methoxy groups -OCH3 is 1. The largest absolute Gasteiger partial charge is 0.496 e. The van der Waals surface area contributed by atoms with Crippen molar-refractivity contribution in [1.29, 1.82) is 0 Å². The highest BCUT2D eigenvalue weighted by atomic mass is 16.5. The number of fused-ring (bicyclic) bond motifs is 1. The Morgan fingerprint density at radius 3 is 3.05 bits per heavy atom. The van der Waals surface area contributed by atoms with Crippen LogP contribution in [-0.2, 0) is 26.2 Å². The minimum absolute atomic E-state index is 0.496. The number of rotatable bonds is 4. The minimum Gasteiger partial charge on any atom is -0.496 e. The van der Waals surface area contributed by atoms with E-state index in [0.29, 0.717) is 6.54 Å². The summed E-state index contributed by atoms with van der Waals surface area (Å²) in [5.74, 6) is 1.90. The molecule has 0 unspecified atom stereocenters. The van der Waals surface area contributed by atoms with Crippen LogP contribution >= 0.6 is 0 Å². The maximum absolute atomic E-state index is 5.69. The van der Waals surface area contributed by atoms with Gasteiger partial charge in [-0.25, -0.2) is 0 Å². The van der Waals surface area contributed by atoms with Gasteiger partial charge in [-0.15, -0.1) is 10.2 Å². The van der Waals surface area contributed by atoms with Crippen molar-refractivity contribution in [3.05, 3.63) is 41.5 Å². The number of hydrogen-bond acceptors (Lipinski definition) is 5. The van der Waals surface area contributed by atoms with E-state index in [9.17, 15) is 0 Å². The molecular formula is C14H19N5O. The van der Waals surface area contributed by atoms with E-state index < -0.39 is 0 Å². The molecule has 1 aliphatic heterocycles. The highest BCUT2D eigenvalue weighted by Gasteiger charge is 2.17. The molecule has 0 atom stereocenters. The van der Waals surface area contributed by atoms with Gasteiger partial charge in [0.25, 0.3) is 0 Å². The molecule has 2 heterocycles. The summed E-state index contributed by atoms with van der Waals surface area (Å²) >= 11 is 0. The lowest BCUT2D eigenvalue weighted by atomic mass is 10.1. The second-order valence-corrected chi connectivity index (χ2v) is 5.00. The molecule has 0 bridgehead atoms. The van der Waals surface area contributed by atoms with E-state index in [1.165, 1.54) is 5.56 Å². The summed E-state index contributed by atoms with van der Waals surface area (Å²) in [7, 11) is 1.68. The molecule has 0 radical (unpaired) electrons. The first-order valence-electron chi connectivity index (χ1n) is 6.75. The van der Waals surface area contributed by atoms with Crippen LogP contribution in [0.2, 0.25) is 0 Å². The van der Waals surface area contributed by atoms with Gasteiger partial charge in [0.1, 0.15) is 17.9 Å². The van der Waals surface area contributed by atoms with Gasteiger partial charge in [-0.05, 0) is 11.6 Å². The van der Waals surface area contributed by atoms with E-state index in [-0.39, 0.29) is 0 Å². The van der Waals surface area contributed by atoms with Gasteiger partial charge in [0.05, 0.1) is 13.7 Å². The summed E-state index contributed by atoms with van der Waals surface area (Å²) < 4.78 is 7.49. The SMILES string of the molecule is COc1cc(CN2CCn3cnnc3C2)ccc1CN. The first-order valence-corrected chi connectivity index (χ1v) is 6.75. The van der Waals surface area contributed by atoms with Crippen LogP contribution in [0.1, 0.15) is 17.0 Å². The molecule has 1 aliphatic rings. The van der Waals surface area contributed by atoms with Gasteiger partial charge in [0, 0.05) is 31.7 Å². The molecular weight excluding hydrogens is 254 g/mol. The quantitative estimate of drug-likeness (QED) is 0.890. The fraction of sp³-hybridized carbons (Fsp3) is 0.429. The lowest BCUT2D eigenvalue weighted by Crippen LogP contribution is -2.33. The summed E-state index contributed by atoms with van der Waals surface area (Å²) in [6.45, 7) is 4.16. The van der Waals surface area contributed by atoms with Gasteiger partial charge in [-0.3, -0.25) is 4.90 Å². The molecule has 1 aromatic heterocycles. The Bertz CT molecular complexity index is 595. The lowest BCUT2D eigenvalue weighted by Gasteiger charge is -2.27. The summed E-state index contributed by atoms with van der Waals surface area (Å²) in [4.78, 5) is 2.36. The zero-order chi connectivity index (χ0) is 13.9. The van der Waals surface area contributed by atoms with Gasteiger partial charge in [-0.2, -0.15) is 0 Å². The van der Waals surface area contributed by atoms with Crippen molar-refractivity contribution in [2.24, 2.45) is 5.73 Å². The molecule has 0 spiro atoms. The molecule has 0 amide bonds. The zero-order valence-corrected chi connectivity index (χ0v) is 11.6. The van der Waals surface area contributed by atoms with Crippen LogP contribution in [0, 0.1) is 0 Å². The van der Waals surface area contributed by atoms with Crippen molar-refractivity contribution in [2.75, 3.05) is 13.7 Å². The van der Waals surface area contributed by atoms with E-state index in [1.807, 2.05) is 6.07 Å². The summed E-state index contributed by atoms with van der Waals surface area (Å²) in [6.07, 6.45) is 1.80. The van der Waals surface area contributed by atoms with Crippen molar-refractivity contribution < 1.29 is 4.74 Å². The number of aromatic nitrogens is 3. The monoisotopic (exact) mass is 273 g/mol. The molecule has 6 heteroatoms. The number of nitrogens with two attached hydrogens (primary N) is 1. The predicted octanol–water partition coefficient (Wildman–Crippen LogP) is 0.761. The number of nitrogens with zero attached hydrogens (tertiary/aromatic N) is 4. The highest BCUT2D eigenvalue weighted by Crippen LogP contribution is 2.21. The Morgan fingerprint density at radius 1 is 1.35 bits per heavy atom. The van der Waals surface area contributed by atoms with Crippen LogP contribution in [0.15, 0.2) is 24.5 Å². The maximum atomic E-state index is 5.69. The molecule has 1 aromatic carbocycles. The van der Waals surface area contributed by atoms with Gasteiger partial charge in [-0.1, -0.05) is 12.1 Å². The summed E-state index contributed by atoms with van der Waals surface area (Å²) in [5.41, 5.74) is 7.96. The molecule has 0 saturated carbocycles. The smallest absolute Gasteiger partial charge is 0.147 e. The third kappa shape index (κ3) is 2.52. The van der Waals surface area contributed by atoms with Gasteiger partial charge < -0.3 is 15.0 Å². The second-order valence-electron chi connectivity index (χ2n) is 5.00. The van der Waals surface area contributed by atoms with Crippen LogP contribution in [0.4, 0.5) is 0 Å². The first-order chi connectivity index (χ1) is 9.80. The molecule has 2 N–H and O–H groups in total. The van der Waals surface area contributed by atoms with Crippen molar-refractivity contribution in [2.45, 2.75) is 26.2 Å². The first kappa shape index (κ1) is 13.1. The van der Waals surface area contributed by atoms with Crippen molar-refractivity contribution in [1.82, 2.24) is 19.7 Å². The van der Waals surface area contributed by atoms with Gasteiger partial charge in [0.2, 0.25) is 0 Å². The third-order valence-electron chi connectivity index (χ3n) is 3.70. The average Bonchev–Trinajstić information content (AvgIpc) is 2.94. The van der Waals surface area contributed by atoms with Crippen LogP contribution in [-0.4, -0.2) is 33.3 Å². The van der Waals surface area contributed by atoms with Crippen molar-refractivity contribution in [3.63, 3.8) is 0 Å². The van der Waals surface area contributed by atoms with Crippen LogP contribution in [0.3, 0.4) is 0 Å². The van der Waals surface area contributed by atoms with E-state index >= 15 is 0 Å². The average molecular weight is 273 g/mol. The Morgan fingerprint density at radius 2 is 2.25 bits per heavy atom. The van der Waals surface area contributed by atoms with E-state index in [2.05, 4.69) is 31.8 Å². The lowest BCUT2D eigenvalue weighted by molar-refractivity contribution is 0.208. The minimum atomic E-state index is 0.496. The zero-order valence-electron chi connectivity index (χ0n) is 11.6. The van der Waals surface area contributed by atoms with Gasteiger partial charge in [0.15, 0.2) is 0 Å². The van der Waals surface area contributed by atoms with Crippen molar-refractivity contribution >= 4 is 0 Å². The summed E-state index contributed by atoms with van der Waals surface area (Å²) in [6, 6.07) is 6.23. The number of ether oxygens (including phenoxy) is 1. The molecule has 20 heavy (non-hydrogen) atoms. The Kier molecular flexibility index (Phi) is 3.66. The fourth-order valence-electron chi connectivity index (χ4n) is 2.57. The van der Waals surface area contributed by atoms with Gasteiger partial charge >= 0.3 is 0 Å². The normalized spacial score (nSPS) is 15.1. The van der Waals surface area contributed by atoms with E-state index in [1.54, 1.807) is 13.4 Å². The van der Waals surface area contributed by atoms with Crippen LogP contribution in [0.5, 0.6) is 5.75 Å². The molecule has 0 fully saturated rings. The predicted molar refractivity (Wildman–Crippen MR) is 75.0 cm³/mol. The number of benzene rings is 1. The molecule has 0 saturated heterocycles. The Balaban J connectivity index is 1.72. The molecule has 0 aliphatic carbocycles. The second kappa shape index (κ2) is 5.60. The Labute approximate surface area is 118 Å².